The van der Waals surface area contributed by atoms with E-state index in [0.717, 1.165) is 9.78 Å². The lowest BCUT2D eigenvalue weighted by atomic mass is 10.1. The number of thiophene rings is 1. The van der Waals surface area contributed by atoms with Crippen molar-refractivity contribution in [2.75, 3.05) is 13.1 Å². The number of ether oxygens (including phenoxy) is 2. The normalized spacial score (nSPS) is 18.6. The maximum atomic E-state index is 13.2. The number of carbonyl (C=O) groups is 3. The molecule has 3 aromatic rings. The second-order valence-electron chi connectivity index (χ2n) is 10.9. The van der Waals surface area contributed by atoms with Crippen LogP contribution in [0.3, 0.4) is 0 Å². The van der Waals surface area contributed by atoms with Crippen LogP contribution in [0.2, 0.25) is 0 Å². The average molecular weight is 626 g/mol. The summed E-state index contributed by atoms with van der Waals surface area (Å²) in [5.41, 5.74) is 7.63. The van der Waals surface area contributed by atoms with Crippen molar-refractivity contribution in [3.05, 3.63) is 81.5 Å². The summed E-state index contributed by atoms with van der Waals surface area (Å²) in [7, 11) is 0. The van der Waals surface area contributed by atoms with Gasteiger partial charge < -0.3 is 30.7 Å². The van der Waals surface area contributed by atoms with Crippen molar-refractivity contribution < 1.29 is 32.6 Å². The first-order valence-electron chi connectivity index (χ1n) is 14.2. The number of hydrogen-bond acceptors (Lipinski definition) is 7. The van der Waals surface area contributed by atoms with Crippen LogP contribution >= 0.6 is 11.3 Å². The molecule has 1 unspecified atom stereocenters. The lowest BCUT2D eigenvalue weighted by Crippen LogP contribution is -2.49. The summed E-state index contributed by atoms with van der Waals surface area (Å²) in [6, 6.07) is 14.5. The number of benzene rings is 2. The minimum Gasteiger partial charge on any atom is -0.457 e. The molecule has 232 valence electrons. The molecule has 5 rings (SSSR count). The fraction of sp³-hybridized carbons (Fsp3) is 0.355. The number of likely N-dealkylation sites (tertiary alicyclic amines) is 1. The lowest BCUT2D eigenvalue weighted by molar-refractivity contribution is -0.160. The first-order valence-corrected chi connectivity index (χ1v) is 15.1. The number of nitrogens with two attached hydrogens (primary N) is 1. The number of hydrogen-bond donors (Lipinski definition) is 4. The molecule has 0 spiro atoms. The summed E-state index contributed by atoms with van der Waals surface area (Å²) < 4.78 is 36.4. The van der Waals surface area contributed by atoms with Gasteiger partial charge in [0.05, 0.1) is 18.7 Å². The van der Waals surface area contributed by atoms with E-state index in [2.05, 4.69) is 27.5 Å². The maximum Gasteiger partial charge on any atom is 0.345 e. The van der Waals surface area contributed by atoms with Crippen molar-refractivity contribution in [3.63, 3.8) is 0 Å². The number of nitrogens with one attached hydrogen (secondary N) is 3. The van der Waals surface area contributed by atoms with Gasteiger partial charge in [0.2, 0.25) is 11.8 Å². The van der Waals surface area contributed by atoms with Gasteiger partial charge in [-0.1, -0.05) is 12.1 Å². The summed E-state index contributed by atoms with van der Waals surface area (Å²) in [5, 5.41) is 14.6. The zero-order valence-corrected chi connectivity index (χ0v) is 24.7. The van der Waals surface area contributed by atoms with Gasteiger partial charge in [0.25, 0.3) is 5.91 Å². The van der Waals surface area contributed by atoms with E-state index in [4.69, 9.17) is 15.9 Å². The molecule has 2 heterocycles. The first-order chi connectivity index (χ1) is 21.1. The number of nitrogens with zero attached hydrogens (tertiary/aromatic N) is 1. The van der Waals surface area contributed by atoms with Gasteiger partial charge in [0.1, 0.15) is 23.4 Å². The molecule has 2 fully saturated rings. The molecule has 10 nitrogen and oxygen atoms in total. The molecular weight excluding hydrogens is 592 g/mol. The van der Waals surface area contributed by atoms with Crippen molar-refractivity contribution in [2.24, 2.45) is 5.73 Å². The van der Waals surface area contributed by atoms with Crippen LogP contribution < -0.4 is 21.1 Å². The molecule has 1 aliphatic carbocycles. The number of carbonyl (C=O) groups excluding carboxylic acids is 3. The minimum absolute atomic E-state index is 0.105. The fourth-order valence-corrected chi connectivity index (χ4v) is 5.98. The summed E-state index contributed by atoms with van der Waals surface area (Å²) in [6.07, 6.45) is 1.26. The van der Waals surface area contributed by atoms with Crippen molar-refractivity contribution in [2.45, 2.75) is 56.9 Å². The Hall–Kier alpha value is -4.36. The molecule has 0 bridgehead atoms. The lowest BCUT2D eigenvalue weighted by Gasteiger charge is -2.25. The van der Waals surface area contributed by atoms with E-state index in [9.17, 15) is 23.2 Å². The molecule has 2 aromatic carbocycles. The van der Waals surface area contributed by atoms with E-state index in [-0.39, 0.29) is 18.8 Å². The quantitative estimate of drug-likeness (QED) is 0.172. The third-order valence-corrected chi connectivity index (χ3v) is 8.69. The van der Waals surface area contributed by atoms with E-state index in [0.29, 0.717) is 28.5 Å². The topological polar surface area (TPSA) is 147 Å². The van der Waals surface area contributed by atoms with Crippen molar-refractivity contribution >= 4 is 34.9 Å². The molecule has 1 saturated carbocycles. The molecule has 1 saturated heterocycles. The van der Waals surface area contributed by atoms with Crippen molar-refractivity contribution in [3.8, 4) is 11.5 Å². The number of alkyl halides is 2. The van der Waals surface area contributed by atoms with Crippen molar-refractivity contribution in [1.29, 1.82) is 5.41 Å². The van der Waals surface area contributed by atoms with Gasteiger partial charge in [0, 0.05) is 34.3 Å². The van der Waals surface area contributed by atoms with Gasteiger partial charge in [0.15, 0.2) is 0 Å². The first kappa shape index (κ1) is 31.1. The molecule has 3 amide bonds. The predicted octanol–water partition coefficient (Wildman–Crippen LogP) is 4.52. The van der Waals surface area contributed by atoms with E-state index in [1.807, 2.05) is 12.1 Å². The van der Waals surface area contributed by atoms with E-state index in [1.54, 1.807) is 42.6 Å². The van der Waals surface area contributed by atoms with Crippen LogP contribution in [-0.2, 0) is 14.3 Å². The molecule has 0 radical (unpaired) electrons. The summed E-state index contributed by atoms with van der Waals surface area (Å²) >= 11 is 1.30. The molecule has 13 heteroatoms. The van der Waals surface area contributed by atoms with Crippen LogP contribution in [0.1, 0.15) is 64.5 Å². The van der Waals surface area contributed by atoms with Gasteiger partial charge in [-0.15, -0.1) is 11.3 Å². The molecule has 2 aliphatic rings. The Labute approximate surface area is 257 Å². The zero-order valence-electron chi connectivity index (χ0n) is 23.9. The van der Waals surface area contributed by atoms with Crippen LogP contribution in [0.5, 0.6) is 11.5 Å². The van der Waals surface area contributed by atoms with E-state index >= 15 is 0 Å². The highest BCUT2D eigenvalue weighted by Gasteiger charge is 2.41. The number of amidine groups is 1. The Morgan fingerprint density at radius 2 is 1.73 bits per heavy atom. The Kier molecular flexibility index (Phi) is 9.55. The molecule has 5 N–H and O–H groups in total. The number of halogens is 2. The van der Waals surface area contributed by atoms with Gasteiger partial charge >= 0.3 is 6.61 Å². The van der Waals surface area contributed by atoms with E-state index < -0.39 is 49.1 Å². The highest BCUT2D eigenvalue weighted by molar-refractivity contribution is 7.10. The molecule has 1 aliphatic heterocycles. The monoisotopic (exact) mass is 625 g/mol. The smallest absolute Gasteiger partial charge is 0.345 e. The molecule has 3 atom stereocenters. The third-order valence-electron chi connectivity index (χ3n) is 7.58. The number of amides is 3. The standard InChI is InChI=1S/C31H33F2N5O5S/c1-17(26-12-21(16-44-26)28(34)35)37-30(41)25-13-24(43-31(32)33)15-38(25)27(39)14-36-29(40)20-6-10-23(11-7-20)42-22-8-4-19(5-9-22)18-2-3-18/h4-12,16-18,24-25,31H,2-3,13-15H2,1H3,(H3,34,35)(H,36,40)(H,37,41)/t17?,24-,25+/m1/s1. The van der Waals surface area contributed by atoms with Crippen LogP contribution in [-0.4, -0.2) is 60.3 Å². The Morgan fingerprint density at radius 3 is 2.32 bits per heavy atom. The van der Waals surface area contributed by atoms with Crippen LogP contribution in [0, 0.1) is 5.41 Å². The van der Waals surface area contributed by atoms with E-state index in [1.165, 1.54) is 29.7 Å². The third kappa shape index (κ3) is 7.77. The average Bonchev–Trinajstić information content (AvgIpc) is 3.56. The number of nitrogen functional groups attached to an aromatic ring is 1. The Bertz CT molecular complexity index is 1510. The molecule has 1 aromatic heterocycles. The largest absolute Gasteiger partial charge is 0.457 e. The second-order valence-corrected chi connectivity index (χ2v) is 11.8. The van der Waals surface area contributed by atoms with Gasteiger partial charge in [-0.25, -0.2) is 0 Å². The number of rotatable bonds is 12. The van der Waals surface area contributed by atoms with Gasteiger partial charge in [-0.05, 0) is 73.7 Å². The molecular formula is C31H33F2N5O5S. The summed E-state index contributed by atoms with van der Waals surface area (Å²) in [4.78, 5) is 40.9. The van der Waals surface area contributed by atoms with Crippen LogP contribution in [0.15, 0.2) is 60.0 Å². The fourth-order valence-electron chi connectivity index (χ4n) is 5.06. The van der Waals surface area contributed by atoms with Gasteiger partial charge in [-0.2, -0.15) is 8.78 Å². The second kappa shape index (κ2) is 13.5. The highest BCUT2D eigenvalue weighted by atomic mass is 32.1. The zero-order chi connectivity index (χ0) is 31.4. The Balaban J connectivity index is 1.16. The highest BCUT2D eigenvalue weighted by Crippen LogP contribution is 2.40. The summed E-state index contributed by atoms with van der Waals surface area (Å²) in [6.45, 7) is -2.02. The molecule has 44 heavy (non-hydrogen) atoms. The van der Waals surface area contributed by atoms with Crippen LogP contribution in [0.4, 0.5) is 8.78 Å². The maximum absolute atomic E-state index is 13.2. The van der Waals surface area contributed by atoms with Crippen molar-refractivity contribution in [1.82, 2.24) is 15.5 Å². The van der Waals surface area contributed by atoms with Gasteiger partial charge in [-0.3, -0.25) is 19.8 Å². The van der Waals surface area contributed by atoms with Crippen LogP contribution in [0.25, 0.3) is 0 Å². The SMILES string of the molecule is CC(NC(=O)[C@@H]1C[C@@H](OC(F)F)CN1C(=O)CNC(=O)c1ccc(Oc2ccc(C3CC3)cc2)cc1)c1cc(C(=N)N)cs1. The predicted molar refractivity (Wildman–Crippen MR) is 160 cm³/mol. The minimum atomic E-state index is -3.07. The summed E-state index contributed by atoms with van der Waals surface area (Å²) in [5.74, 6) is 0.0864. The Morgan fingerprint density at radius 1 is 1.07 bits per heavy atom.